The second-order valence-electron chi connectivity index (χ2n) is 10.5. The molecule has 2 N–H and O–H groups in total. The Hall–Kier alpha value is -1.97. The Bertz CT molecular complexity index is 1160. The van der Waals surface area contributed by atoms with Gasteiger partial charge in [0.25, 0.3) is 15.2 Å². The van der Waals surface area contributed by atoms with E-state index in [2.05, 4.69) is 31.5 Å². The van der Waals surface area contributed by atoms with Gasteiger partial charge in [0.2, 0.25) is 5.95 Å². The smallest absolute Gasteiger partial charge is 0.278 e. The Morgan fingerprint density at radius 2 is 1.75 bits per heavy atom. The fourth-order valence-corrected chi connectivity index (χ4v) is 7.97. The number of sulfonamides is 1. The topological polar surface area (TPSA) is 94.2 Å². The molecule has 170 valence electrons. The van der Waals surface area contributed by atoms with Gasteiger partial charge in [0.15, 0.2) is 0 Å². The lowest BCUT2D eigenvalue weighted by molar-refractivity contribution is 0.0764. The van der Waals surface area contributed by atoms with E-state index in [4.69, 9.17) is 0 Å². The van der Waals surface area contributed by atoms with Crippen LogP contribution >= 0.6 is 0 Å². The van der Waals surface area contributed by atoms with Gasteiger partial charge in [-0.15, -0.1) is 5.10 Å². The minimum Gasteiger partial charge on any atom is -0.322 e. The highest BCUT2D eigenvalue weighted by atomic mass is 32.2. The summed E-state index contributed by atoms with van der Waals surface area (Å²) < 4.78 is 27.9. The highest BCUT2D eigenvalue weighted by molar-refractivity contribution is 7.89. The number of hydrogen-bond acceptors (Lipinski definition) is 6. The van der Waals surface area contributed by atoms with E-state index in [-0.39, 0.29) is 10.6 Å². The van der Waals surface area contributed by atoms with Crippen LogP contribution in [0.4, 0.5) is 11.6 Å². The number of likely N-dealkylation sites (tertiary alicyclic amines) is 1. The van der Waals surface area contributed by atoms with E-state index in [1.165, 1.54) is 47.9 Å². The molecule has 2 aromatic rings. The number of nitrogens with one attached hydrogen (secondary N) is 2. The Morgan fingerprint density at radius 3 is 2.44 bits per heavy atom. The van der Waals surface area contributed by atoms with E-state index in [9.17, 15) is 8.42 Å². The summed E-state index contributed by atoms with van der Waals surface area (Å²) in [7, 11) is -3.64. The molecule has 3 aliphatic carbocycles. The van der Waals surface area contributed by atoms with Crippen LogP contribution in [0.1, 0.15) is 54.4 Å². The number of aromatic amines is 1. The Morgan fingerprint density at radius 1 is 1.03 bits per heavy atom. The lowest BCUT2D eigenvalue weighted by Gasteiger charge is -2.46. The normalized spacial score (nSPS) is 24.6. The van der Waals surface area contributed by atoms with Crippen molar-refractivity contribution < 1.29 is 8.42 Å². The monoisotopic (exact) mass is 454 g/mol. The highest BCUT2D eigenvalue weighted by Gasteiger charge is 2.54. The molecule has 0 radical (unpaired) electrons. The first-order valence-corrected chi connectivity index (χ1v) is 13.5. The molecule has 2 saturated heterocycles. The van der Waals surface area contributed by atoms with E-state index in [1.54, 1.807) is 4.31 Å². The molecule has 32 heavy (non-hydrogen) atoms. The standard InChI is InChI=1S/C23H30N6O2S/c30-32(31,29-13-23(14-29)9-10-28(12-23)17-7-8-17)22-25-21(26-27-22)24-20-18-5-1-3-15(18)11-16-4-2-6-19(16)20/h11,17H,1-10,12-14H2,(H2,24,25,26,27). The van der Waals surface area contributed by atoms with Gasteiger partial charge < -0.3 is 5.32 Å². The first-order chi connectivity index (χ1) is 15.5. The lowest BCUT2D eigenvalue weighted by atomic mass is 9.81. The van der Waals surface area contributed by atoms with Gasteiger partial charge in [0.05, 0.1) is 0 Å². The second kappa shape index (κ2) is 6.77. The van der Waals surface area contributed by atoms with E-state index < -0.39 is 10.0 Å². The van der Waals surface area contributed by atoms with Crippen molar-refractivity contribution in [1.29, 1.82) is 0 Å². The van der Waals surface area contributed by atoms with Crippen LogP contribution < -0.4 is 5.32 Å². The fraction of sp³-hybridized carbons (Fsp3) is 0.652. The number of H-pyrrole nitrogens is 1. The summed E-state index contributed by atoms with van der Waals surface area (Å²) in [6.45, 7) is 3.35. The van der Waals surface area contributed by atoms with E-state index in [0.29, 0.717) is 19.0 Å². The van der Waals surface area contributed by atoms with Crippen molar-refractivity contribution >= 4 is 21.7 Å². The van der Waals surface area contributed by atoms with Gasteiger partial charge >= 0.3 is 0 Å². The minimum absolute atomic E-state index is 0.0453. The maximum atomic E-state index is 13.2. The summed E-state index contributed by atoms with van der Waals surface area (Å²) in [6, 6.07) is 3.14. The average Bonchev–Trinajstić information content (AvgIpc) is 3.21. The first-order valence-electron chi connectivity index (χ1n) is 12.1. The molecular weight excluding hydrogens is 424 g/mol. The van der Waals surface area contributed by atoms with Crippen LogP contribution in [0.15, 0.2) is 11.2 Å². The number of aryl methyl sites for hydroxylation is 2. The maximum Gasteiger partial charge on any atom is 0.278 e. The van der Waals surface area contributed by atoms with Crippen molar-refractivity contribution in [3.63, 3.8) is 0 Å². The summed E-state index contributed by atoms with van der Waals surface area (Å²) in [5.41, 5.74) is 6.86. The molecule has 1 saturated carbocycles. The van der Waals surface area contributed by atoms with Crippen molar-refractivity contribution in [2.75, 3.05) is 31.5 Å². The number of anilines is 2. The van der Waals surface area contributed by atoms with Crippen LogP contribution in [0.3, 0.4) is 0 Å². The number of rotatable bonds is 5. The molecule has 0 amide bonds. The quantitative estimate of drug-likeness (QED) is 0.721. The van der Waals surface area contributed by atoms with Gasteiger partial charge in [-0.3, -0.25) is 4.90 Å². The van der Waals surface area contributed by atoms with E-state index in [1.807, 2.05) is 0 Å². The Labute approximate surface area is 188 Å². The van der Waals surface area contributed by atoms with Crippen LogP contribution in [0.25, 0.3) is 0 Å². The third-order valence-corrected chi connectivity index (χ3v) is 9.92. The molecule has 1 spiro atoms. The molecule has 3 heterocycles. The number of nitrogens with zero attached hydrogens (tertiary/aromatic N) is 4. The Balaban J connectivity index is 1.10. The summed E-state index contributed by atoms with van der Waals surface area (Å²) >= 11 is 0. The summed E-state index contributed by atoms with van der Waals surface area (Å²) in [6.07, 6.45) is 10.4. The Kier molecular flexibility index (Phi) is 4.13. The molecular formula is C23H30N6O2S. The van der Waals surface area contributed by atoms with Crippen molar-refractivity contribution in [2.24, 2.45) is 5.41 Å². The summed E-state index contributed by atoms with van der Waals surface area (Å²) in [5.74, 6) is 0.356. The predicted octanol–water partition coefficient (Wildman–Crippen LogP) is 2.38. The number of fused-ring (bicyclic) bond motifs is 2. The molecule has 3 fully saturated rings. The summed E-state index contributed by atoms with van der Waals surface area (Å²) in [5, 5.41) is 10.3. The fourth-order valence-electron chi connectivity index (χ4n) is 6.47. The molecule has 0 unspecified atom stereocenters. The third-order valence-electron chi connectivity index (χ3n) is 8.31. The van der Waals surface area contributed by atoms with Gasteiger partial charge in [-0.05, 0) is 86.6 Å². The minimum atomic E-state index is -3.64. The number of aromatic nitrogens is 3. The van der Waals surface area contributed by atoms with Gasteiger partial charge in [0, 0.05) is 36.8 Å². The summed E-state index contributed by atoms with van der Waals surface area (Å²) in [4.78, 5) is 6.93. The average molecular weight is 455 g/mol. The highest BCUT2D eigenvalue weighted by Crippen LogP contribution is 2.45. The van der Waals surface area contributed by atoms with E-state index >= 15 is 0 Å². The zero-order valence-electron chi connectivity index (χ0n) is 18.4. The molecule has 5 aliphatic rings. The molecule has 1 aromatic heterocycles. The molecule has 0 atom stereocenters. The van der Waals surface area contributed by atoms with Gasteiger partial charge in [-0.25, -0.2) is 13.5 Å². The van der Waals surface area contributed by atoms with Crippen LogP contribution in [0.2, 0.25) is 0 Å². The zero-order chi connectivity index (χ0) is 21.5. The molecule has 8 nitrogen and oxygen atoms in total. The lowest BCUT2D eigenvalue weighted by Crippen LogP contribution is -2.59. The van der Waals surface area contributed by atoms with Crippen LogP contribution in [0.5, 0.6) is 0 Å². The SMILES string of the molecule is O=S(=O)(c1nc(Nc2c3c(cc4c2CCC4)CCC3)n[nH]1)N1CC2(CCN(C3CC3)C2)C1. The van der Waals surface area contributed by atoms with Crippen LogP contribution in [-0.4, -0.2) is 65.0 Å². The second-order valence-corrected chi connectivity index (χ2v) is 12.4. The molecule has 2 aliphatic heterocycles. The van der Waals surface area contributed by atoms with Crippen molar-refractivity contribution in [1.82, 2.24) is 24.4 Å². The predicted molar refractivity (Wildman–Crippen MR) is 121 cm³/mol. The maximum absolute atomic E-state index is 13.2. The van der Waals surface area contributed by atoms with Crippen molar-refractivity contribution in [3.8, 4) is 0 Å². The van der Waals surface area contributed by atoms with Crippen LogP contribution in [0, 0.1) is 5.41 Å². The first kappa shape index (κ1) is 19.5. The van der Waals surface area contributed by atoms with Gasteiger partial charge in [-0.1, -0.05) is 6.07 Å². The largest absolute Gasteiger partial charge is 0.322 e. The number of hydrogen-bond donors (Lipinski definition) is 2. The molecule has 0 bridgehead atoms. The molecule has 1 aromatic carbocycles. The van der Waals surface area contributed by atoms with E-state index in [0.717, 1.165) is 56.9 Å². The van der Waals surface area contributed by atoms with Gasteiger partial charge in [0.1, 0.15) is 0 Å². The number of benzene rings is 1. The van der Waals surface area contributed by atoms with Gasteiger partial charge in [-0.2, -0.15) is 9.29 Å². The van der Waals surface area contributed by atoms with Crippen LogP contribution in [-0.2, 0) is 35.7 Å². The van der Waals surface area contributed by atoms with Crippen molar-refractivity contribution in [2.45, 2.75) is 69.0 Å². The molecule has 7 rings (SSSR count). The molecule has 9 heteroatoms. The van der Waals surface area contributed by atoms with Crippen molar-refractivity contribution in [3.05, 3.63) is 28.3 Å². The zero-order valence-corrected chi connectivity index (χ0v) is 19.2. The third kappa shape index (κ3) is 2.97.